The largest absolute Gasteiger partial charge is 0.480 e. The molecule has 1 aromatic rings. The molecule has 1 unspecified atom stereocenters. The average molecular weight is 376 g/mol. The second-order valence-electron chi connectivity index (χ2n) is 4.44. The molecule has 0 saturated carbocycles. The van der Waals surface area contributed by atoms with Crippen LogP contribution in [0.4, 0.5) is 11.4 Å². The predicted molar refractivity (Wildman–Crippen MR) is 78.4 cm³/mol. The third-order valence-electron chi connectivity index (χ3n) is 3.24. The molecule has 1 heterocycles. The summed E-state index contributed by atoms with van der Waals surface area (Å²) in [6.45, 7) is 0.671. The number of benzene rings is 1. The number of rotatable bonds is 3. The number of non-ortho nitro benzene ring substituents is 1. The Labute approximate surface area is 123 Å². The molecule has 1 N–H and O–H groups in total. The molecule has 0 bridgehead atoms. The Balaban J connectivity index is 2.34. The molecule has 1 fully saturated rings. The van der Waals surface area contributed by atoms with Crippen LogP contribution < -0.4 is 4.90 Å². The lowest BCUT2D eigenvalue weighted by atomic mass is 10.0. The number of hydrogen-bond donors (Lipinski definition) is 1. The van der Waals surface area contributed by atoms with E-state index < -0.39 is 16.9 Å². The van der Waals surface area contributed by atoms with Gasteiger partial charge in [0.05, 0.1) is 10.6 Å². The van der Waals surface area contributed by atoms with Crippen LogP contribution in [0.2, 0.25) is 0 Å². The first-order chi connectivity index (χ1) is 9.00. The summed E-state index contributed by atoms with van der Waals surface area (Å²) < 4.78 is 0.708. The summed E-state index contributed by atoms with van der Waals surface area (Å²) in [6.07, 6.45) is 2.45. The van der Waals surface area contributed by atoms with Crippen LogP contribution in [-0.4, -0.2) is 28.6 Å². The van der Waals surface area contributed by atoms with Crippen molar-refractivity contribution in [1.82, 2.24) is 0 Å². The van der Waals surface area contributed by atoms with Crippen LogP contribution in [0.5, 0.6) is 0 Å². The number of nitrogens with zero attached hydrogens (tertiary/aromatic N) is 2. The summed E-state index contributed by atoms with van der Waals surface area (Å²) in [5, 5.41) is 20.0. The van der Waals surface area contributed by atoms with Crippen molar-refractivity contribution in [2.24, 2.45) is 0 Å². The molecule has 0 aromatic heterocycles. The van der Waals surface area contributed by atoms with Crippen LogP contribution in [0.3, 0.4) is 0 Å². The van der Waals surface area contributed by atoms with Gasteiger partial charge in [-0.25, -0.2) is 4.79 Å². The van der Waals surface area contributed by atoms with Crippen molar-refractivity contribution >= 4 is 39.9 Å². The number of nitro groups is 1. The SMILES string of the molecule is O=C(O)C1CCCCN1c1ccc([N+](=O)[O-])cc1I. The van der Waals surface area contributed by atoms with E-state index in [1.165, 1.54) is 12.1 Å². The fraction of sp³-hybridized carbons (Fsp3) is 0.417. The normalized spacial score (nSPS) is 19.2. The number of carboxylic acid groups (broad SMARTS) is 1. The molecule has 1 atom stereocenters. The fourth-order valence-electron chi connectivity index (χ4n) is 2.32. The highest BCUT2D eigenvalue weighted by Crippen LogP contribution is 2.31. The topological polar surface area (TPSA) is 83.7 Å². The Morgan fingerprint density at radius 1 is 1.47 bits per heavy atom. The molecule has 1 aliphatic rings. The van der Waals surface area contributed by atoms with Gasteiger partial charge in [-0.15, -0.1) is 0 Å². The van der Waals surface area contributed by atoms with Gasteiger partial charge in [0.15, 0.2) is 0 Å². The Hall–Kier alpha value is -1.38. The van der Waals surface area contributed by atoms with Crippen LogP contribution in [0, 0.1) is 13.7 Å². The standard InChI is InChI=1S/C12H13IN2O4/c13-9-7-8(15(18)19)4-5-10(9)14-6-2-1-3-11(14)12(16)17/h4-5,7,11H,1-3,6H2,(H,16,17). The molecular formula is C12H13IN2O4. The summed E-state index contributed by atoms with van der Waals surface area (Å²) in [4.78, 5) is 23.4. The first-order valence-electron chi connectivity index (χ1n) is 5.94. The van der Waals surface area contributed by atoms with E-state index in [9.17, 15) is 20.0 Å². The van der Waals surface area contributed by atoms with Gasteiger partial charge >= 0.3 is 5.97 Å². The molecule has 102 valence electrons. The monoisotopic (exact) mass is 376 g/mol. The first kappa shape index (κ1) is 14.0. The van der Waals surface area contributed by atoms with Crippen molar-refractivity contribution in [3.63, 3.8) is 0 Å². The van der Waals surface area contributed by atoms with Crippen LogP contribution in [0.1, 0.15) is 19.3 Å². The van der Waals surface area contributed by atoms with Crippen molar-refractivity contribution in [2.75, 3.05) is 11.4 Å². The summed E-state index contributed by atoms with van der Waals surface area (Å²) >= 11 is 2.02. The lowest BCUT2D eigenvalue weighted by Gasteiger charge is -2.35. The van der Waals surface area contributed by atoms with E-state index in [1.807, 2.05) is 27.5 Å². The van der Waals surface area contributed by atoms with Crippen molar-refractivity contribution in [3.05, 3.63) is 31.9 Å². The minimum absolute atomic E-state index is 0.0250. The van der Waals surface area contributed by atoms with Crippen molar-refractivity contribution < 1.29 is 14.8 Å². The lowest BCUT2D eigenvalue weighted by Crippen LogP contribution is -2.45. The van der Waals surface area contributed by atoms with E-state index in [2.05, 4.69) is 0 Å². The molecule has 1 aliphatic heterocycles. The van der Waals surface area contributed by atoms with Gasteiger partial charge in [0.25, 0.3) is 5.69 Å². The van der Waals surface area contributed by atoms with Gasteiger partial charge < -0.3 is 10.0 Å². The third kappa shape index (κ3) is 2.96. The zero-order chi connectivity index (χ0) is 14.0. The third-order valence-corrected chi connectivity index (χ3v) is 4.10. The van der Waals surface area contributed by atoms with Crippen molar-refractivity contribution in [1.29, 1.82) is 0 Å². The Morgan fingerprint density at radius 3 is 2.79 bits per heavy atom. The van der Waals surface area contributed by atoms with Crippen LogP contribution >= 0.6 is 22.6 Å². The Bertz CT molecular complexity index is 520. The zero-order valence-electron chi connectivity index (χ0n) is 10.1. The van der Waals surface area contributed by atoms with E-state index in [1.54, 1.807) is 6.07 Å². The fourth-order valence-corrected chi connectivity index (χ4v) is 3.13. The molecule has 7 heteroatoms. The summed E-state index contributed by atoms with van der Waals surface area (Å²) in [6, 6.07) is 4.00. The second-order valence-corrected chi connectivity index (χ2v) is 5.60. The Kier molecular flexibility index (Phi) is 4.23. The van der Waals surface area contributed by atoms with Crippen molar-refractivity contribution in [3.8, 4) is 0 Å². The zero-order valence-corrected chi connectivity index (χ0v) is 12.2. The minimum atomic E-state index is -0.839. The number of nitro benzene ring substituents is 1. The van der Waals surface area contributed by atoms with Crippen LogP contribution in [0.25, 0.3) is 0 Å². The molecule has 0 aliphatic carbocycles. The van der Waals surface area contributed by atoms with E-state index in [0.717, 1.165) is 18.5 Å². The van der Waals surface area contributed by atoms with Gasteiger partial charge in [0.2, 0.25) is 0 Å². The lowest BCUT2D eigenvalue weighted by molar-refractivity contribution is -0.384. The maximum Gasteiger partial charge on any atom is 0.326 e. The van der Waals surface area contributed by atoms with E-state index in [4.69, 9.17) is 0 Å². The van der Waals surface area contributed by atoms with Gasteiger partial charge in [-0.1, -0.05) is 0 Å². The van der Waals surface area contributed by atoms with E-state index in [-0.39, 0.29) is 5.69 Å². The molecule has 1 saturated heterocycles. The highest BCUT2D eigenvalue weighted by atomic mass is 127. The number of carboxylic acids is 1. The summed E-state index contributed by atoms with van der Waals surface area (Å²) in [5.74, 6) is -0.839. The van der Waals surface area contributed by atoms with Gasteiger partial charge in [0.1, 0.15) is 6.04 Å². The first-order valence-corrected chi connectivity index (χ1v) is 7.02. The van der Waals surface area contributed by atoms with E-state index in [0.29, 0.717) is 16.5 Å². The molecular weight excluding hydrogens is 363 g/mol. The van der Waals surface area contributed by atoms with Crippen LogP contribution in [0.15, 0.2) is 18.2 Å². The van der Waals surface area contributed by atoms with Gasteiger partial charge in [-0.2, -0.15) is 0 Å². The number of hydrogen-bond acceptors (Lipinski definition) is 4. The highest BCUT2D eigenvalue weighted by Gasteiger charge is 2.30. The quantitative estimate of drug-likeness (QED) is 0.498. The number of halogens is 1. The molecule has 19 heavy (non-hydrogen) atoms. The minimum Gasteiger partial charge on any atom is -0.480 e. The Morgan fingerprint density at radius 2 is 2.21 bits per heavy atom. The number of anilines is 1. The molecule has 1 aromatic carbocycles. The van der Waals surface area contributed by atoms with Crippen molar-refractivity contribution in [2.45, 2.75) is 25.3 Å². The van der Waals surface area contributed by atoms with Gasteiger partial charge in [-0.05, 0) is 47.9 Å². The number of aliphatic carboxylic acids is 1. The van der Waals surface area contributed by atoms with E-state index >= 15 is 0 Å². The molecule has 0 spiro atoms. The molecule has 0 radical (unpaired) electrons. The molecule has 6 nitrogen and oxygen atoms in total. The van der Waals surface area contributed by atoms with Crippen LogP contribution in [-0.2, 0) is 4.79 Å². The summed E-state index contributed by atoms with van der Waals surface area (Å²) in [5.41, 5.74) is 0.787. The number of piperidine rings is 1. The second kappa shape index (κ2) is 5.72. The maximum absolute atomic E-state index is 11.3. The molecule has 2 rings (SSSR count). The van der Waals surface area contributed by atoms with Gasteiger partial charge in [0, 0.05) is 22.2 Å². The number of carbonyl (C=O) groups is 1. The smallest absolute Gasteiger partial charge is 0.326 e. The highest BCUT2D eigenvalue weighted by molar-refractivity contribution is 14.1. The average Bonchev–Trinajstić information content (AvgIpc) is 2.38. The maximum atomic E-state index is 11.3. The van der Waals surface area contributed by atoms with Gasteiger partial charge in [-0.3, -0.25) is 10.1 Å². The summed E-state index contributed by atoms with van der Waals surface area (Å²) in [7, 11) is 0. The molecule has 0 amide bonds. The predicted octanol–water partition coefficient (Wildman–Crippen LogP) is 2.64.